The zero-order chi connectivity index (χ0) is 14.3. The number of hydroxylamine groups is 2. The molecule has 1 aromatic carbocycles. The van der Waals surface area contributed by atoms with Crippen molar-refractivity contribution in [2.75, 3.05) is 6.61 Å². The fourth-order valence-electron chi connectivity index (χ4n) is 2.62. The molecule has 1 aliphatic rings. The molecule has 0 fully saturated rings. The lowest BCUT2D eigenvalue weighted by molar-refractivity contribution is -0.152. The average Bonchev–Trinajstić information content (AvgIpc) is 2.90. The van der Waals surface area contributed by atoms with Gasteiger partial charge < -0.3 is 5.11 Å². The first-order valence-electron chi connectivity index (χ1n) is 6.42. The van der Waals surface area contributed by atoms with Crippen molar-refractivity contribution in [3.8, 4) is 0 Å². The van der Waals surface area contributed by atoms with Crippen molar-refractivity contribution in [2.45, 2.75) is 19.4 Å². The lowest BCUT2D eigenvalue weighted by Gasteiger charge is -2.21. The number of aromatic nitrogens is 1. The number of amides is 1. The van der Waals surface area contributed by atoms with E-state index < -0.39 is 12.0 Å². The summed E-state index contributed by atoms with van der Waals surface area (Å²) < 4.78 is 1.53. The second-order valence-corrected chi connectivity index (χ2v) is 4.60. The van der Waals surface area contributed by atoms with Gasteiger partial charge in [-0.2, -0.15) is 5.06 Å². The maximum absolute atomic E-state index is 12.4. The first-order chi connectivity index (χ1) is 9.63. The number of carboxylic acids is 1. The summed E-state index contributed by atoms with van der Waals surface area (Å²) >= 11 is 0. The van der Waals surface area contributed by atoms with Crippen molar-refractivity contribution in [1.82, 2.24) is 9.63 Å². The second-order valence-electron chi connectivity index (χ2n) is 4.60. The smallest absolute Gasteiger partial charge is 0.353 e. The third-order valence-electron chi connectivity index (χ3n) is 3.38. The standard InChI is InChI=1S/C14H14N2O4/c1-2-20-16-12(8-13(17)18)11-7-9-5-3-4-6-10(9)15(11)14(16)19/h3-7,12H,2,8H2,1H3,(H,17,18). The molecule has 20 heavy (non-hydrogen) atoms. The van der Waals surface area contributed by atoms with Gasteiger partial charge in [0, 0.05) is 5.39 Å². The number of fused-ring (bicyclic) bond motifs is 3. The van der Waals surface area contributed by atoms with Crippen LogP contribution >= 0.6 is 0 Å². The molecule has 1 aromatic heterocycles. The molecule has 0 spiro atoms. The van der Waals surface area contributed by atoms with E-state index in [9.17, 15) is 9.59 Å². The summed E-state index contributed by atoms with van der Waals surface area (Å²) in [6, 6.07) is 8.38. The molecule has 1 N–H and O–H groups in total. The number of carbonyl (C=O) groups is 2. The summed E-state index contributed by atoms with van der Waals surface area (Å²) in [4.78, 5) is 28.8. The van der Waals surface area contributed by atoms with Crippen LogP contribution in [0.2, 0.25) is 0 Å². The van der Waals surface area contributed by atoms with E-state index in [2.05, 4.69) is 0 Å². The minimum atomic E-state index is -0.966. The molecule has 0 aliphatic carbocycles. The lowest BCUT2D eigenvalue weighted by atomic mass is 10.1. The Morgan fingerprint density at radius 3 is 2.85 bits per heavy atom. The highest BCUT2D eigenvalue weighted by atomic mass is 16.7. The van der Waals surface area contributed by atoms with Crippen molar-refractivity contribution in [1.29, 1.82) is 0 Å². The number of hydrogen-bond acceptors (Lipinski definition) is 3. The van der Waals surface area contributed by atoms with Gasteiger partial charge in [-0.15, -0.1) is 0 Å². The molecule has 6 nitrogen and oxygen atoms in total. The van der Waals surface area contributed by atoms with Gasteiger partial charge in [0.1, 0.15) is 6.04 Å². The van der Waals surface area contributed by atoms with Crippen LogP contribution in [0.1, 0.15) is 25.1 Å². The third kappa shape index (κ3) is 1.77. The Morgan fingerprint density at radius 1 is 1.40 bits per heavy atom. The number of aliphatic carboxylic acids is 1. The molecule has 2 heterocycles. The van der Waals surface area contributed by atoms with Gasteiger partial charge >= 0.3 is 12.0 Å². The van der Waals surface area contributed by atoms with Gasteiger partial charge in [-0.05, 0) is 19.1 Å². The normalized spacial score (nSPS) is 17.8. The molecule has 0 radical (unpaired) electrons. The zero-order valence-electron chi connectivity index (χ0n) is 10.9. The predicted molar refractivity (Wildman–Crippen MR) is 71.2 cm³/mol. The molecule has 6 heteroatoms. The molecule has 0 saturated carbocycles. The van der Waals surface area contributed by atoms with Crippen LogP contribution in [0.25, 0.3) is 10.9 Å². The van der Waals surface area contributed by atoms with Crippen LogP contribution in [0.15, 0.2) is 30.3 Å². The summed E-state index contributed by atoms with van der Waals surface area (Å²) in [6.45, 7) is 2.07. The van der Waals surface area contributed by atoms with Crippen molar-refractivity contribution >= 4 is 22.9 Å². The van der Waals surface area contributed by atoms with E-state index in [0.29, 0.717) is 12.3 Å². The van der Waals surface area contributed by atoms with Crippen molar-refractivity contribution in [3.05, 3.63) is 36.0 Å². The largest absolute Gasteiger partial charge is 0.481 e. The SMILES string of the molecule is CCON1C(=O)n2c(cc3ccccc32)C1CC(=O)O. The lowest BCUT2D eigenvalue weighted by Crippen LogP contribution is -2.30. The summed E-state index contributed by atoms with van der Waals surface area (Å²) in [6.07, 6.45) is -0.179. The molecule has 0 bridgehead atoms. The summed E-state index contributed by atoms with van der Waals surface area (Å²) in [5, 5.41) is 11.1. The van der Waals surface area contributed by atoms with E-state index >= 15 is 0 Å². The van der Waals surface area contributed by atoms with E-state index in [1.165, 1.54) is 4.57 Å². The van der Waals surface area contributed by atoms with Gasteiger partial charge in [-0.1, -0.05) is 18.2 Å². The highest BCUT2D eigenvalue weighted by Gasteiger charge is 2.40. The minimum Gasteiger partial charge on any atom is -0.481 e. The van der Waals surface area contributed by atoms with Gasteiger partial charge in [0.15, 0.2) is 0 Å². The minimum absolute atomic E-state index is 0.179. The fourth-order valence-corrected chi connectivity index (χ4v) is 2.62. The highest BCUT2D eigenvalue weighted by Crippen LogP contribution is 2.36. The van der Waals surface area contributed by atoms with Crippen LogP contribution in [-0.2, 0) is 9.63 Å². The summed E-state index contributed by atoms with van der Waals surface area (Å²) in [5.74, 6) is -0.966. The van der Waals surface area contributed by atoms with Gasteiger partial charge in [0.2, 0.25) is 0 Å². The van der Waals surface area contributed by atoms with Crippen LogP contribution in [0, 0.1) is 0 Å². The quantitative estimate of drug-likeness (QED) is 0.929. The van der Waals surface area contributed by atoms with E-state index in [0.717, 1.165) is 16.0 Å². The van der Waals surface area contributed by atoms with E-state index in [-0.39, 0.29) is 12.5 Å². The summed E-state index contributed by atoms with van der Waals surface area (Å²) in [7, 11) is 0. The van der Waals surface area contributed by atoms with E-state index in [1.54, 1.807) is 6.92 Å². The van der Waals surface area contributed by atoms with Crippen LogP contribution in [-0.4, -0.2) is 33.3 Å². The molecule has 104 valence electrons. The Kier molecular flexibility index (Phi) is 2.94. The molecule has 1 amide bonds. The Hall–Kier alpha value is -2.34. The monoisotopic (exact) mass is 274 g/mol. The topological polar surface area (TPSA) is 71.8 Å². The fraction of sp³-hybridized carbons (Fsp3) is 0.286. The average molecular weight is 274 g/mol. The zero-order valence-corrected chi connectivity index (χ0v) is 10.9. The molecule has 1 atom stereocenters. The summed E-state index contributed by atoms with van der Waals surface area (Å²) in [5.41, 5.74) is 1.43. The second kappa shape index (κ2) is 4.64. The Morgan fingerprint density at radius 2 is 2.15 bits per heavy atom. The van der Waals surface area contributed by atoms with Gasteiger partial charge in [0.25, 0.3) is 0 Å². The maximum atomic E-state index is 12.4. The van der Waals surface area contributed by atoms with E-state index in [1.807, 2.05) is 30.3 Å². The maximum Gasteiger partial charge on any atom is 0.353 e. The number of hydrogen-bond donors (Lipinski definition) is 1. The first-order valence-corrected chi connectivity index (χ1v) is 6.42. The van der Waals surface area contributed by atoms with E-state index in [4.69, 9.17) is 9.94 Å². The van der Waals surface area contributed by atoms with Gasteiger partial charge in [-0.25, -0.2) is 4.79 Å². The van der Waals surface area contributed by atoms with Crippen LogP contribution in [0.5, 0.6) is 0 Å². The van der Waals surface area contributed by atoms with Crippen molar-refractivity contribution < 1.29 is 19.5 Å². The molecule has 2 aromatic rings. The van der Waals surface area contributed by atoms with Crippen LogP contribution < -0.4 is 0 Å². The number of carboxylic acid groups (broad SMARTS) is 1. The number of benzene rings is 1. The molecular formula is C14H14N2O4. The number of carbonyl (C=O) groups excluding carboxylic acids is 1. The van der Waals surface area contributed by atoms with Crippen LogP contribution in [0.4, 0.5) is 4.79 Å². The van der Waals surface area contributed by atoms with Gasteiger partial charge in [0.05, 0.1) is 24.2 Å². The first kappa shape index (κ1) is 12.7. The van der Waals surface area contributed by atoms with Crippen molar-refractivity contribution in [2.24, 2.45) is 0 Å². The van der Waals surface area contributed by atoms with Crippen molar-refractivity contribution in [3.63, 3.8) is 0 Å². The Labute approximate surface area is 115 Å². The Balaban J connectivity index is 2.14. The van der Waals surface area contributed by atoms with Crippen LogP contribution in [0.3, 0.4) is 0 Å². The molecular weight excluding hydrogens is 260 g/mol. The third-order valence-corrected chi connectivity index (χ3v) is 3.38. The molecule has 1 unspecified atom stereocenters. The number of para-hydroxylation sites is 1. The molecule has 0 saturated heterocycles. The van der Waals surface area contributed by atoms with Gasteiger partial charge in [-0.3, -0.25) is 14.2 Å². The number of nitrogens with zero attached hydrogens (tertiary/aromatic N) is 2. The molecule has 3 rings (SSSR count). The number of rotatable bonds is 4. The molecule has 1 aliphatic heterocycles. The highest BCUT2D eigenvalue weighted by molar-refractivity contribution is 5.95. The Bertz CT molecular complexity index is 692. The predicted octanol–water partition coefficient (Wildman–Crippen LogP) is 2.39.